The summed E-state index contributed by atoms with van der Waals surface area (Å²) in [4.78, 5) is 36.2. The number of carbonyl (C=O) groups excluding carboxylic acids is 3. The second-order valence-electron chi connectivity index (χ2n) is 9.09. The SMILES string of the molecule is O=C(CC12CC3CC(CC(C3)C1)C2)NCC(=O)OCC(=O)Nc1cccc(Cl)c1. The molecule has 4 aliphatic carbocycles. The molecule has 0 radical (unpaired) electrons. The van der Waals surface area contributed by atoms with Crippen molar-refractivity contribution in [2.75, 3.05) is 18.5 Å². The van der Waals surface area contributed by atoms with E-state index in [0.29, 0.717) is 17.1 Å². The van der Waals surface area contributed by atoms with Crippen molar-refractivity contribution >= 4 is 35.1 Å². The Hall–Kier alpha value is -2.08. The van der Waals surface area contributed by atoms with Gasteiger partial charge in [0.2, 0.25) is 5.91 Å². The van der Waals surface area contributed by atoms with Crippen LogP contribution in [0.3, 0.4) is 0 Å². The fraction of sp³-hybridized carbons (Fsp3) is 0.591. The van der Waals surface area contributed by atoms with Crippen LogP contribution in [0.2, 0.25) is 5.02 Å². The lowest BCUT2D eigenvalue weighted by Gasteiger charge is -2.56. The van der Waals surface area contributed by atoms with Crippen LogP contribution < -0.4 is 10.6 Å². The van der Waals surface area contributed by atoms with Gasteiger partial charge in [-0.2, -0.15) is 0 Å². The molecule has 2 N–H and O–H groups in total. The van der Waals surface area contributed by atoms with Crippen molar-refractivity contribution < 1.29 is 19.1 Å². The quantitative estimate of drug-likeness (QED) is 0.663. The first-order valence-electron chi connectivity index (χ1n) is 10.4. The second-order valence-corrected chi connectivity index (χ2v) is 9.53. The topological polar surface area (TPSA) is 84.5 Å². The molecule has 0 unspecified atom stereocenters. The van der Waals surface area contributed by atoms with E-state index in [1.54, 1.807) is 24.3 Å². The summed E-state index contributed by atoms with van der Waals surface area (Å²) in [7, 11) is 0. The molecule has 0 saturated heterocycles. The zero-order valence-corrected chi connectivity index (χ0v) is 17.2. The van der Waals surface area contributed by atoms with Crippen molar-refractivity contribution in [1.29, 1.82) is 0 Å². The lowest BCUT2D eigenvalue weighted by molar-refractivity contribution is -0.147. The number of hydrogen-bond donors (Lipinski definition) is 2. The van der Waals surface area contributed by atoms with Gasteiger partial charge < -0.3 is 15.4 Å². The fourth-order valence-electron chi connectivity index (χ4n) is 6.04. The van der Waals surface area contributed by atoms with Crippen LogP contribution in [0, 0.1) is 23.2 Å². The number of amides is 2. The Morgan fingerprint density at radius 3 is 2.31 bits per heavy atom. The Bertz CT molecular complexity index is 774. The van der Waals surface area contributed by atoms with Crippen LogP contribution in [0.1, 0.15) is 44.9 Å². The second kappa shape index (κ2) is 8.34. The van der Waals surface area contributed by atoms with E-state index >= 15 is 0 Å². The highest BCUT2D eigenvalue weighted by Crippen LogP contribution is 2.61. The van der Waals surface area contributed by atoms with Gasteiger partial charge in [0.05, 0.1) is 0 Å². The van der Waals surface area contributed by atoms with Crippen molar-refractivity contribution in [2.45, 2.75) is 44.9 Å². The molecule has 0 aliphatic heterocycles. The maximum atomic E-state index is 12.4. The summed E-state index contributed by atoms with van der Waals surface area (Å²) in [5, 5.41) is 5.78. The number of benzene rings is 1. The minimum Gasteiger partial charge on any atom is -0.454 e. The normalized spacial score (nSPS) is 29.3. The number of carbonyl (C=O) groups is 3. The van der Waals surface area contributed by atoms with E-state index in [0.717, 1.165) is 37.0 Å². The molecule has 0 heterocycles. The van der Waals surface area contributed by atoms with Gasteiger partial charge in [0.25, 0.3) is 5.91 Å². The summed E-state index contributed by atoms with van der Waals surface area (Å²) in [6, 6.07) is 6.70. The summed E-state index contributed by atoms with van der Waals surface area (Å²) in [5.74, 6) is 1.20. The van der Waals surface area contributed by atoms with E-state index in [4.69, 9.17) is 16.3 Å². The van der Waals surface area contributed by atoms with Gasteiger partial charge in [-0.1, -0.05) is 17.7 Å². The molecule has 6 nitrogen and oxygen atoms in total. The predicted octanol–water partition coefficient (Wildman–Crippen LogP) is 3.54. The van der Waals surface area contributed by atoms with E-state index in [9.17, 15) is 14.4 Å². The van der Waals surface area contributed by atoms with Crippen molar-refractivity contribution in [2.24, 2.45) is 23.2 Å². The summed E-state index contributed by atoms with van der Waals surface area (Å²) in [6.07, 6.45) is 7.97. The van der Waals surface area contributed by atoms with Crippen molar-refractivity contribution in [3.63, 3.8) is 0 Å². The Labute approximate surface area is 175 Å². The van der Waals surface area contributed by atoms with Gasteiger partial charge in [0, 0.05) is 17.1 Å². The van der Waals surface area contributed by atoms with Gasteiger partial charge in [-0.15, -0.1) is 0 Å². The highest BCUT2D eigenvalue weighted by atomic mass is 35.5. The number of hydrogen-bond acceptors (Lipinski definition) is 4. The first-order chi connectivity index (χ1) is 13.9. The lowest BCUT2D eigenvalue weighted by Crippen LogP contribution is -2.48. The first kappa shape index (κ1) is 20.2. The first-order valence-corrected chi connectivity index (χ1v) is 10.7. The number of esters is 1. The summed E-state index contributed by atoms with van der Waals surface area (Å²) >= 11 is 5.86. The number of anilines is 1. The number of rotatable bonds is 7. The van der Waals surface area contributed by atoms with Crippen LogP contribution in [0.5, 0.6) is 0 Å². The fourth-order valence-corrected chi connectivity index (χ4v) is 6.23. The zero-order valence-electron chi connectivity index (χ0n) is 16.4. The van der Waals surface area contributed by atoms with E-state index < -0.39 is 18.5 Å². The maximum absolute atomic E-state index is 12.4. The Morgan fingerprint density at radius 2 is 1.69 bits per heavy atom. The molecule has 29 heavy (non-hydrogen) atoms. The standard InChI is InChI=1S/C22H27ClN2O4/c23-17-2-1-3-18(7-17)25-20(27)13-29-21(28)12-24-19(26)11-22-8-14-4-15(9-22)6-16(5-14)10-22/h1-3,7,14-16H,4-6,8-13H2,(H,24,26)(H,25,27). The Balaban J connectivity index is 1.17. The van der Waals surface area contributed by atoms with Gasteiger partial charge in [0.1, 0.15) is 6.54 Å². The van der Waals surface area contributed by atoms with Crippen LogP contribution in [0.15, 0.2) is 24.3 Å². The molecule has 0 aromatic heterocycles. The Morgan fingerprint density at radius 1 is 1.03 bits per heavy atom. The van der Waals surface area contributed by atoms with Crippen molar-refractivity contribution in [3.8, 4) is 0 Å². The third-order valence-electron chi connectivity index (χ3n) is 6.60. The monoisotopic (exact) mass is 418 g/mol. The molecule has 4 saturated carbocycles. The molecule has 1 aromatic carbocycles. The largest absolute Gasteiger partial charge is 0.454 e. The zero-order chi connectivity index (χ0) is 20.4. The predicted molar refractivity (Wildman–Crippen MR) is 109 cm³/mol. The highest BCUT2D eigenvalue weighted by Gasteiger charge is 2.51. The average Bonchev–Trinajstić information content (AvgIpc) is 2.63. The molecule has 5 rings (SSSR count). The Kier molecular flexibility index (Phi) is 5.81. The molecule has 4 bridgehead atoms. The number of ether oxygens (including phenoxy) is 1. The van der Waals surface area contributed by atoms with Gasteiger partial charge in [-0.25, -0.2) is 0 Å². The molecule has 1 aromatic rings. The number of halogens is 1. The minimum atomic E-state index is -0.620. The molecular weight excluding hydrogens is 392 g/mol. The summed E-state index contributed by atoms with van der Waals surface area (Å²) in [6.45, 7) is -0.619. The maximum Gasteiger partial charge on any atom is 0.325 e. The van der Waals surface area contributed by atoms with Crippen LogP contribution in [-0.4, -0.2) is 30.9 Å². The van der Waals surface area contributed by atoms with Gasteiger partial charge >= 0.3 is 5.97 Å². The summed E-state index contributed by atoms with van der Waals surface area (Å²) in [5.41, 5.74) is 0.668. The third-order valence-corrected chi connectivity index (χ3v) is 6.84. The average molecular weight is 419 g/mol. The molecule has 4 aliphatic rings. The van der Waals surface area contributed by atoms with E-state index in [2.05, 4.69) is 10.6 Å². The van der Waals surface area contributed by atoms with Gasteiger partial charge in [-0.05, 0) is 79.9 Å². The van der Waals surface area contributed by atoms with Crippen molar-refractivity contribution in [1.82, 2.24) is 5.32 Å². The number of nitrogens with one attached hydrogen (secondary N) is 2. The van der Waals surface area contributed by atoms with E-state index in [-0.39, 0.29) is 17.9 Å². The molecule has 0 atom stereocenters. The molecule has 2 amide bonds. The van der Waals surface area contributed by atoms with Crippen LogP contribution >= 0.6 is 11.6 Å². The molecule has 156 valence electrons. The van der Waals surface area contributed by atoms with E-state index in [1.807, 2.05) is 0 Å². The minimum absolute atomic E-state index is 0.0905. The third kappa shape index (κ3) is 5.10. The van der Waals surface area contributed by atoms with Gasteiger partial charge in [-0.3, -0.25) is 14.4 Å². The highest BCUT2D eigenvalue weighted by molar-refractivity contribution is 6.30. The van der Waals surface area contributed by atoms with Crippen LogP contribution in [-0.2, 0) is 19.1 Å². The van der Waals surface area contributed by atoms with Crippen molar-refractivity contribution in [3.05, 3.63) is 29.3 Å². The lowest BCUT2D eigenvalue weighted by atomic mass is 9.49. The molecule has 0 spiro atoms. The summed E-state index contributed by atoms with van der Waals surface area (Å²) < 4.78 is 4.95. The molecule has 7 heteroatoms. The van der Waals surface area contributed by atoms with Crippen LogP contribution in [0.25, 0.3) is 0 Å². The smallest absolute Gasteiger partial charge is 0.325 e. The van der Waals surface area contributed by atoms with Crippen LogP contribution in [0.4, 0.5) is 5.69 Å². The van der Waals surface area contributed by atoms with E-state index in [1.165, 1.54) is 19.3 Å². The molecular formula is C22H27ClN2O4. The van der Waals surface area contributed by atoms with Gasteiger partial charge in [0.15, 0.2) is 6.61 Å². The molecule has 4 fully saturated rings.